The van der Waals surface area contributed by atoms with Crippen molar-refractivity contribution in [2.75, 3.05) is 0 Å². The van der Waals surface area contributed by atoms with E-state index in [1.807, 2.05) is 50.2 Å². The molecule has 1 heterocycles. The molecule has 5 heteroatoms. The van der Waals surface area contributed by atoms with E-state index in [9.17, 15) is 9.18 Å². The van der Waals surface area contributed by atoms with Crippen LogP contribution in [0.2, 0.25) is 5.02 Å². The summed E-state index contributed by atoms with van der Waals surface area (Å²) in [4.78, 5) is 12.8. The second kappa shape index (κ2) is 9.58. The molecule has 0 aliphatic rings. The van der Waals surface area contributed by atoms with Gasteiger partial charge in [0, 0.05) is 47.0 Å². The zero-order chi connectivity index (χ0) is 22.7. The van der Waals surface area contributed by atoms with Crippen LogP contribution in [0.15, 0.2) is 79.0 Å². The number of para-hydroxylation sites is 1. The second-order valence-electron chi connectivity index (χ2n) is 8.39. The number of carbonyl (C=O) groups excluding carboxylic acids is 1. The molecule has 0 fully saturated rings. The highest BCUT2D eigenvalue weighted by atomic mass is 35.5. The molecule has 1 aromatic heterocycles. The number of rotatable bonds is 7. The van der Waals surface area contributed by atoms with Crippen LogP contribution in [0.25, 0.3) is 10.9 Å². The van der Waals surface area contributed by atoms with Crippen LogP contribution in [0.3, 0.4) is 0 Å². The minimum Gasteiger partial charge on any atom is -0.354 e. The van der Waals surface area contributed by atoms with Gasteiger partial charge in [0.05, 0.1) is 0 Å². The quantitative estimate of drug-likeness (QED) is 0.342. The number of fused-ring (bicyclic) bond motifs is 1. The van der Waals surface area contributed by atoms with Gasteiger partial charge in [0.2, 0.25) is 5.91 Å². The number of hydrogen-bond donors (Lipinski definition) is 1. The smallest absolute Gasteiger partial charge is 0.221 e. The van der Waals surface area contributed by atoms with Crippen LogP contribution >= 0.6 is 11.6 Å². The summed E-state index contributed by atoms with van der Waals surface area (Å²) in [6.07, 6.45) is 2.44. The highest BCUT2D eigenvalue weighted by Gasteiger charge is 2.23. The van der Waals surface area contributed by atoms with Crippen molar-refractivity contribution in [3.05, 3.63) is 107 Å². The molecule has 0 saturated carbocycles. The first-order valence-electron chi connectivity index (χ1n) is 10.8. The highest BCUT2D eigenvalue weighted by Crippen LogP contribution is 2.36. The fourth-order valence-electron chi connectivity index (χ4n) is 4.17. The summed E-state index contributed by atoms with van der Waals surface area (Å²) in [5.41, 5.74) is 4.16. The van der Waals surface area contributed by atoms with Crippen molar-refractivity contribution in [3.8, 4) is 0 Å². The number of nitrogens with one attached hydrogen (secondary N) is 1. The van der Waals surface area contributed by atoms with Crippen molar-refractivity contribution >= 4 is 28.4 Å². The van der Waals surface area contributed by atoms with Crippen LogP contribution in [0.5, 0.6) is 0 Å². The molecule has 4 rings (SSSR count). The maximum absolute atomic E-state index is 13.4. The Morgan fingerprint density at radius 2 is 1.78 bits per heavy atom. The van der Waals surface area contributed by atoms with E-state index in [4.69, 9.17) is 11.6 Å². The molecule has 0 radical (unpaired) electrons. The van der Waals surface area contributed by atoms with Gasteiger partial charge in [-0.05, 0) is 60.9 Å². The lowest BCUT2D eigenvalue weighted by Gasteiger charge is -2.18. The lowest BCUT2D eigenvalue weighted by Crippen LogP contribution is -2.31. The third-order valence-corrected chi connectivity index (χ3v) is 5.79. The summed E-state index contributed by atoms with van der Waals surface area (Å²) < 4.78 is 15.5. The van der Waals surface area contributed by atoms with Gasteiger partial charge in [-0.1, -0.05) is 54.1 Å². The van der Waals surface area contributed by atoms with Crippen molar-refractivity contribution in [1.29, 1.82) is 0 Å². The van der Waals surface area contributed by atoms with Crippen LogP contribution < -0.4 is 5.32 Å². The van der Waals surface area contributed by atoms with Crippen molar-refractivity contribution in [2.24, 2.45) is 0 Å². The van der Waals surface area contributed by atoms with E-state index in [1.165, 1.54) is 12.1 Å². The molecule has 1 atom stereocenters. The summed E-state index contributed by atoms with van der Waals surface area (Å²) in [7, 11) is 0. The van der Waals surface area contributed by atoms with Crippen molar-refractivity contribution in [3.63, 3.8) is 0 Å². The normalized spacial score (nSPS) is 12.3. The van der Waals surface area contributed by atoms with E-state index in [0.717, 1.165) is 27.6 Å². The highest BCUT2D eigenvalue weighted by molar-refractivity contribution is 6.30. The van der Waals surface area contributed by atoms with Gasteiger partial charge in [-0.3, -0.25) is 4.79 Å². The van der Waals surface area contributed by atoms with Gasteiger partial charge in [-0.2, -0.15) is 0 Å². The summed E-state index contributed by atoms with van der Waals surface area (Å²) in [5.74, 6) is -0.392. The van der Waals surface area contributed by atoms with E-state index in [2.05, 4.69) is 28.2 Å². The number of halogens is 2. The molecule has 1 amide bonds. The Morgan fingerprint density at radius 1 is 1.03 bits per heavy atom. The fraction of sp³-hybridized carbons (Fsp3) is 0.222. The molecule has 3 nitrogen and oxygen atoms in total. The van der Waals surface area contributed by atoms with Gasteiger partial charge < -0.3 is 9.88 Å². The van der Waals surface area contributed by atoms with Crippen LogP contribution in [0.1, 0.15) is 42.9 Å². The van der Waals surface area contributed by atoms with Crippen LogP contribution in [0.4, 0.5) is 4.39 Å². The maximum atomic E-state index is 13.4. The molecule has 4 aromatic rings. The predicted octanol–water partition coefficient (Wildman–Crippen LogP) is 6.53. The number of benzene rings is 3. The summed E-state index contributed by atoms with van der Waals surface area (Å²) in [5, 5.41) is 4.75. The Labute approximate surface area is 192 Å². The lowest BCUT2D eigenvalue weighted by atomic mass is 9.88. The Bertz CT molecular complexity index is 1230. The van der Waals surface area contributed by atoms with Gasteiger partial charge in [-0.15, -0.1) is 0 Å². The standard InChI is InChI=1S/C27H26ClFN2O/c1-18(2)30-27(32)15-24(20-6-5-7-21(28)14-20)25-17-31(26-9-4-3-8-23(25)26)16-19-10-12-22(29)13-11-19/h3-14,17-18,24H,15-16H2,1-2H3,(H,30,32)/t24-/m1/s1. The molecule has 0 unspecified atom stereocenters. The van der Waals surface area contributed by atoms with Gasteiger partial charge >= 0.3 is 0 Å². The molecule has 32 heavy (non-hydrogen) atoms. The van der Waals surface area contributed by atoms with Gasteiger partial charge in [0.15, 0.2) is 0 Å². The minimum atomic E-state index is -0.246. The number of aromatic nitrogens is 1. The fourth-order valence-corrected chi connectivity index (χ4v) is 4.37. The third kappa shape index (κ3) is 5.03. The van der Waals surface area contributed by atoms with Gasteiger partial charge in [0.25, 0.3) is 0 Å². The molecule has 0 bridgehead atoms. The number of amides is 1. The van der Waals surface area contributed by atoms with E-state index in [-0.39, 0.29) is 23.7 Å². The lowest BCUT2D eigenvalue weighted by molar-refractivity contribution is -0.121. The number of carbonyl (C=O) groups is 1. The zero-order valence-electron chi connectivity index (χ0n) is 18.2. The van der Waals surface area contributed by atoms with Crippen molar-refractivity contribution in [1.82, 2.24) is 9.88 Å². The summed E-state index contributed by atoms with van der Waals surface area (Å²) in [6.45, 7) is 4.53. The van der Waals surface area contributed by atoms with Crippen molar-refractivity contribution < 1.29 is 9.18 Å². The Balaban J connectivity index is 1.79. The van der Waals surface area contributed by atoms with E-state index >= 15 is 0 Å². The molecular formula is C27H26ClFN2O. The monoisotopic (exact) mass is 448 g/mol. The Morgan fingerprint density at radius 3 is 2.50 bits per heavy atom. The molecule has 0 saturated heterocycles. The van der Waals surface area contributed by atoms with Crippen LogP contribution in [0, 0.1) is 5.82 Å². The predicted molar refractivity (Wildman–Crippen MR) is 129 cm³/mol. The molecule has 1 N–H and O–H groups in total. The van der Waals surface area contributed by atoms with Crippen LogP contribution in [-0.4, -0.2) is 16.5 Å². The maximum Gasteiger partial charge on any atom is 0.221 e. The van der Waals surface area contributed by atoms with E-state index in [0.29, 0.717) is 18.0 Å². The molecule has 0 aliphatic carbocycles. The molecule has 0 aliphatic heterocycles. The molecule has 3 aromatic carbocycles. The van der Waals surface area contributed by atoms with Crippen molar-refractivity contribution in [2.45, 2.75) is 38.8 Å². The Hall–Kier alpha value is -3.11. The van der Waals surface area contributed by atoms with E-state index < -0.39 is 0 Å². The SMILES string of the molecule is CC(C)NC(=O)C[C@H](c1cccc(Cl)c1)c1cn(Cc2ccc(F)cc2)c2ccccc12. The Kier molecular flexibility index (Phi) is 6.61. The van der Waals surface area contributed by atoms with Gasteiger partial charge in [-0.25, -0.2) is 4.39 Å². The zero-order valence-corrected chi connectivity index (χ0v) is 18.9. The molecular weight excluding hydrogens is 423 g/mol. The average molecular weight is 449 g/mol. The first kappa shape index (κ1) is 22.1. The molecule has 164 valence electrons. The second-order valence-corrected chi connectivity index (χ2v) is 8.83. The first-order valence-corrected chi connectivity index (χ1v) is 11.2. The largest absolute Gasteiger partial charge is 0.354 e. The summed E-state index contributed by atoms with van der Waals surface area (Å²) in [6, 6.07) is 22.5. The first-order chi connectivity index (χ1) is 15.4. The third-order valence-electron chi connectivity index (χ3n) is 5.55. The number of nitrogens with zero attached hydrogens (tertiary/aromatic N) is 1. The average Bonchev–Trinajstić information content (AvgIpc) is 3.11. The molecule has 0 spiro atoms. The van der Waals surface area contributed by atoms with Gasteiger partial charge in [0.1, 0.15) is 5.82 Å². The number of hydrogen-bond acceptors (Lipinski definition) is 1. The van der Waals surface area contributed by atoms with Crippen LogP contribution in [-0.2, 0) is 11.3 Å². The van der Waals surface area contributed by atoms with E-state index in [1.54, 1.807) is 12.1 Å². The summed E-state index contributed by atoms with van der Waals surface area (Å²) >= 11 is 6.30. The topological polar surface area (TPSA) is 34.0 Å². The minimum absolute atomic E-state index is 0.000316.